The minimum absolute atomic E-state index is 0. The van der Waals surface area contributed by atoms with E-state index in [-0.39, 0.29) is 34.4 Å². The van der Waals surface area contributed by atoms with E-state index in [2.05, 4.69) is 0 Å². The summed E-state index contributed by atoms with van der Waals surface area (Å²) in [6.45, 7) is 0. The average molecular weight is 323 g/mol. The maximum absolute atomic E-state index is 8.74. The van der Waals surface area contributed by atoms with E-state index < -0.39 is 10.4 Å². The Labute approximate surface area is 121 Å². The van der Waals surface area contributed by atoms with E-state index in [0.717, 1.165) is 5.56 Å². The molecule has 0 fully saturated rings. The first kappa shape index (κ1) is 21.5. The normalized spacial score (nSPS) is 9.44. The Balaban J connectivity index is -0.000000214. The Morgan fingerprint density at radius 3 is 1.81 bits per heavy atom. The third-order valence-corrected chi connectivity index (χ3v) is 1.18. The molecule has 0 saturated heterocycles. The summed E-state index contributed by atoms with van der Waals surface area (Å²) in [6, 6.07) is 9.93. The standard InChI is InChI=1S/C8H7Cl.Al.Fe.H2O4S.3H/c9-7-6-8-4-2-1-3-5-8;;;1-5(2,3)4;;;/h1-7H;;;(H2,1,2,3,4);;;. The van der Waals surface area contributed by atoms with Crippen molar-refractivity contribution in [2.24, 2.45) is 0 Å². The number of benzene rings is 1. The molecule has 0 bridgehead atoms. The van der Waals surface area contributed by atoms with Crippen molar-refractivity contribution in [2.75, 3.05) is 0 Å². The zero-order valence-electron chi connectivity index (χ0n) is 7.39. The van der Waals surface area contributed by atoms with Crippen LogP contribution < -0.4 is 0 Å². The predicted molar refractivity (Wildman–Crippen MR) is 65.4 cm³/mol. The van der Waals surface area contributed by atoms with Gasteiger partial charge in [-0.25, -0.2) is 0 Å². The van der Waals surface area contributed by atoms with Gasteiger partial charge in [-0.05, 0) is 11.6 Å². The van der Waals surface area contributed by atoms with Crippen molar-refractivity contribution < 1.29 is 34.6 Å². The molecule has 4 nitrogen and oxygen atoms in total. The van der Waals surface area contributed by atoms with Gasteiger partial charge in [-0.15, -0.1) is 0 Å². The average Bonchev–Trinajstić information content (AvgIpc) is 2.03. The molecular formula is C8H12AlClFeO4S. The summed E-state index contributed by atoms with van der Waals surface area (Å²) in [5.74, 6) is 0. The van der Waals surface area contributed by atoms with Gasteiger partial charge in [0.25, 0.3) is 0 Å². The van der Waals surface area contributed by atoms with E-state index in [9.17, 15) is 0 Å². The molecule has 0 aliphatic heterocycles. The Morgan fingerprint density at radius 2 is 1.50 bits per heavy atom. The maximum atomic E-state index is 8.74. The summed E-state index contributed by atoms with van der Waals surface area (Å²) in [5.41, 5.74) is 2.64. The Kier molecular flexibility index (Phi) is 15.6. The molecule has 0 radical (unpaired) electrons. The van der Waals surface area contributed by atoms with Gasteiger partial charge >= 0.3 is 10.4 Å². The van der Waals surface area contributed by atoms with Crippen LogP contribution in [-0.4, -0.2) is 34.9 Å². The van der Waals surface area contributed by atoms with Crippen molar-refractivity contribution in [3.63, 3.8) is 0 Å². The van der Waals surface area contributed by atoms with Gasteiger partial charge in [-0.2, -0.15) is 8.42 Å². The number of halogens is 1. The summed E-state index contributed by atoms with van der Waals surface area (Å²) < 4.78 is 31.6. The monoisotopic (exact) mass is 322 g/mol. The smallest absolute Gasteiger partial charge is 0.264 e. The van der Waals surface area contributed by atoms with Gasteiger partial charge in [0.05, 0.1) is 0 Å². The topological polar surface area (TPSA) is 74.6 Å². The number of hydrogen-bond donors (Lipinski definition) is 2. The molecule has 0 saturated carbocycles. The molecule has 1 aromatic carbocycles. The van der Waals surface area contributed by atoms with Gasteiger partial charge in [0, 0.05) is 22.6 Å². The van der Waals surface area contributed by atoms with Crippen molar-refractivity contribution in [3.8, 4) is 0 Å². The Hall–Kier alpha value is 0.172. The summed E-state index contributed by atoms with van der Waals surface area (Å²) in [7, 11) is -4.67. The second kappa shape index (κ2) is 11.7. The van der Waals surface area contributed by atoms with E-state index in [1.807, 2.05) is 36.4 Å². The van der Waals surface area contributed by atoms with E-state index in [0.29, 0.717) is 0 Å². The van der Waals surface area contributed by atoms with E-state index in [4.69, 9.17) is 29.1 Å². The quantitative estimate of drug-likeness (QED) is 0.599. The minimum Gasteiger partial charge on any atom is -0.264 e. The largest absolute Gasteiger partial charge is 0.394 e. The SMILES string of the molecule is ClC=Cc1ccccc1.O=S(=O)(O)O.[AlH3].[Fe]. The van der Waals surface area contributed by atoms with Gasteiger partial charge in [0.15, 0.2) is 17.4 Å². The van der Waals surface area contributed by atoms with Crippen LogP contribution in [0.4, 0.5) is 0 Å². The molecule has 0 atom stereocenters. The van der Waals surface area contributed by atoms with Gasteiger partial charge < -0.3 is 0 Å². The molecule has 0 amide bonds. The molecule has 8 heteroatoms. The summed E-state index contributed by atoms with van der Waals surface area (Å²) in [6.07, 6.45) is 1.85. The van der Waals surface area contributed by atoms with Crippen molar-refractivity contribution in [2.45, 2.75) is 0 Å². The third kappa shape index (κ3) is 19.7. The second-order valence-electron chi connectivity index (χ2n) is 2.15. The van der Waals surface area contributed by atoms with Gasteiger partial charge in [0.1, 0.15) is 0 Å². The van der Waals surface area contributed by atoms with Crippen LogP contribution in [0.3, 0.4) is 0 Å². The van der Waals surface area contributed by atoms with Crippen LogP contribution in [0.25, 0.3) is 6.08 Å². The Bertz CT molecular complexity index is 374. The third-order valence-electron chi connectivity index (χ3n) is 1.06. The number of hydrogen-bond acceptors (Lipinski definition) is 2. The predicted octanol–water partition coefficient (Wildman–Crippen LogP) is 1.06. The van der Waals surface area contributed by atoms with Crippen LogP contribution in [0.1, 0.15) is 5.56 Å². The van der Waals surface area contributed by atoms with Crippen molar-refractivity contribution in [1.29, 1.82) is 0 Å². The minimum atomic E-state index is -4.67. The fourth-order valence-electron chi connectivity index (χ4n) is 0.637. The first-order chi connectivity index (χ1) is 6.43. The molecule has 0 heterocycles. The molecule has 0 aliphatic rings. The second-order valence-corrected chi connectivity index (χ2v) is 3.30. The van der Waals surface area contributed by atoms with Crippen LogP contribution in [0.2, 0.25) is 0 Å². The van der Waals surface area contributed by atoms with Crippen LogP contribution >= 0.6 is 11.6 Å². The molecule has 1 aromatic rings. The molecule has 0 unspecified atom stereocenters. The zero-order chi connectivity index (χ0) is 11.0. The van der Waals surface area contributed by atoms with Crippen molar-refractivity contribution in [1.82, 2.24) is 0 Å². The van der Waals surface area contributed by atoms with Crippen LogP contribution in [0.5, 0.6) is 0 Å². The van der Waals surface area contributed by atoms with Crippen molar-refractivity contribution in [3.05, 3.63) is 41.4 Å². The van der Waals surface area contributed by atoms with Gasteiger partial charge in [-0.1, -0.05) is 41.9 Å². The van der Waals surface area contributed by atoms with Crippen molar-refractivity contribution >= 4 is 45.4 Å². The molecule has 0 aromatic heterocycles. The van der Waals surface area contributed by atoms with Gasteiger partial charge in [-0.3, -0.25) is 9.11 Å². The fraction of sp³-hybridized carbons (Fsp3) is 0. The van der Waals surface area contributed by atoms with E-state index in [1.54, 1.807) is 0 Å². The van der Waals surface area contributed by atoms with Gasteiger partial charge in [0.2, 0.25) is 0 Å². The van der Waals surface area contributed by atoms with Crippen LogP contribution in [0, 0.1) is 0 Å². The summed E-state index contributed by atoms with van der Waals surface area (Å²) in [5, 5.41) is 0. The number of rotatable bonds is 1. The summed E-state index contributed by atoms with van der Waals surface area (Å²) in [4.78, 5) is 0. The maximum Gasteiger partial charge on any atom is 0.394 e. The first-order valence-electron chi connectivity index (χ1n) is 3.45. The molecule has 0 aliphatic carbocycles. The molecule has 0 spiro atoms. The summed E-state index contributed by atoms with van der Waals surface area (Å²) >= 11 is 5.36. The van der Waals surface area contributed by atoms with E-state index in [1.165, 1.54) is 5.54 Å². The molecule has 16 heavy (non-hydrogen) atoms. The fourth-order valence-corrected chi connectivity index (χ4v) is 0.782. The molecule has 1 rings (SSSR count). The molecule has 92 valence electrons. The van der Waals surface area contributed by atoms with Crippen LogP contribution in [0.15, 0.2) is 35.9 Å². The Morgan fingerprint density at radius 1 is 1.12 bits per heavy atom. The first-order valence-corrected chi connectivity index (χ1v) is 5.28. The van der Waals surface area contributed by atoms with Crippen LogP contribution in [-0.2, 0) is 27.5 Å². The molecular weight excluding hydrogens is 310 g/mol. The zero-order valence-corrected chi connectivity index (χ0v) is 10.1. The molecule has 2 N–H and O–H groups in total. The van der Waals surface area contributed by atoms with E-state index >= 15 is 0 Å².